The third-order valence-electron chi connectivity index (χ3n) is 2.97. The van der Waals surface area contributed by atoms with E-state index in [1.165, 1.54) is 37.5 Å². The Labute approximate surface area is 131 Å². The molecule has 112 valence electrons. The minimum absolute atomic E-state index is 0.0533. The molecule has 0 heterocycles. The summed E-state index contributed by atoms with van der Waals surface area (Å²) in [5, 5.41) is 11.0. The molecule has 0 saturated heterocycles. The number of hydrogen-bond donors (Lipinski definition) is 0. The van der Waals surface area contributed by atoms with E-state index in [4.69, 9.17) is 16.3 Å². The number of benzene rings is 2. The lowest BCUT2D eigenvalue weighted by molar-refractivity contribution is -0.384. The summed E-state index contributed by atoms with van der Waals surface area (Å²) < 4.78 is 5.05. The predicted octanol–water partition coefficient (Wildman–Crippen LogP) is 4.15. The maximum atomic E-state index is 12.0. The van der Waals surface area contributed by atoms with Gasteiger partial charge in [-0.15, -0.1) is 0 Å². The van der Waals surface area contributed by atoms with Crippen molar-refractivity contribution < 1.29 is 14.5 Å². The Kier molecular flexibility index (Phi) is 4.91. The van der Waals surface area contributed by atoms with E-state index in [-0.39, 0.29) is 11.5 Å². The molecule has 2 aromatic rings. The van der Waals surface area contributed by atoms with Crippen molar-refractivity contribution in [3.05, 3.63) is 74.8 Å². The second-order valence-corrected chi connectivity index (χ2v) is 4.80. The van der Waals surface area contributed by atoms with Gasteiger partial charge in [0.25, 0.3) is 5.69 Å². The highest BCUT2D eigenvalue weighted by Crippen LogP contribution is 2.25. The van der Waals surface area contributed by atoms with Crippen LogP contribution in [0.3, 0.4) is 0 Å². The van der Waals surface area contributed by atoms with Crippen molar-refractivity contribution in [3.63, 3.8) is 0 Å². The van der Waals surface area contributed by atoms with Gasteiger partial charge in [-0.3, -0.25) is 14.9 Å². The molecule has 0 atom stereocenters. The van der Waals surface area contributed by atoms with Gasteiger partial charge in [-0.25, -0.2) is 0 Å². The number of rotatable bonds is 5. The standard InChI is InChI=1S/C16H12ClNO4/c1-22-16-9-3-11(10-14(16)17)2-8-15(19)12-4-6-13(7-5-12)18(20)21/h2-10H,1H3. The minimum Gasteiger partial charge on any atom is -0.495 e. The fourth-order valence-electron chi connectivity index (χ4n) is 1.80. The highest BCUT2D eigenvalue weighted by atomic mass is 35.5. The zero-order chi connectivity index (χ0) is 16.1. The highest BCUT2D eigenvalue weighted by Gasteiger charge is 2.07. The number of ketones is 1. The normalized spacial score (nSPS) is 10.6. The Bertz CT molecular complexity index is 738. The SMILES string of the molecule is COc1ccc(C=CC(=O)c2ccc([N+](=O)[O-])cc2)cc1Cl. The van der Waals surface area contributed by atoms with E-state index in [1.54, 1.807) is 24.3 Å². The lowest BCUT2D eigenvalue weighted by Crippen LogP contribution is -1.95. The van der Waals surface area contributed by atoms with Gasteiger partial charge in [-0.2, -0.15) is 0 Å². The van der Waals surface area contributed by atoms with Gasteiger partial charge in [0.15, 0.2) is 5.78 Å². The summed E-state index contributed by atoms with van der Waals surface area (Å²) in [4.78, 5) is 22.0. The summed E-state index contributed by atoms with van der Waals surface area (Å²) in [5.41, 5.74) is 1.07. The number of carbonyl (C=O) groups excluding carboxylic acids is 1. The van der Waals surface area contributed by atoms with Gasteiger partial charge in [0.2, 0.25) is 0 Å². The molecule has 6 heteroatoms. The molecule has 0 aliphatic carbocycles. The molecular formula is C16H12ClNO4. The molecule has 0 unspecified atom stereocenters. The largest absolute Gasteiger partial charge is 0.495 e. The van der Waals surface area contributed by atoms with Crippen LogP contribution in [0.4, 0.5) is 5.69 Å². The number of allylic oxidation sites excluding steroid dienone is 1. The number of nitrogens with zero attached hydrogens (tertiary/aromatic N) is 1. The Hall–Kier alpha value is -2.66. The van der Waals surface area contributed by atoms with Crippen molar-refractivity contribution in [1.82, 2.24) is 0 Å². The monoisotopic (exact) mass is 317 g/mol. The zero-order valence-corrected chi connectivity index (χ0v) is 12.4. The summed E-state index contributed by atoms with van der Waals surface area (Å²) in [6.07, 6.45) is 3.01. The van der Waals surface area contributed by atoms with E-state index in [1.807, 2.05) is 0 Å². The summed E-state index contributed by atoms with van der Waals surface area (Å²) >= 11 is 6.00. The molecule has 0 N–H and O–H groups in total. The average Bonchev–Trinajstić information content (AvgIpc) is 2.52. The van der Waals surface area contributed by atoms with Crippen LogP contribution in [-0.2, 0) is 0 Å². The molecule has 5 nitrogen and oxygen atoms in total. The van der Waals surface area contributed by atoms with Crippen molar-refractivity contribution in [2.24, 2.45) is 0 Å². The van der Waals surface area contributed by atoms with Crippen LogP contribution < -0.4 is 4.74 Å². The third-order valence-corrected chi connectivity index (χ3v) is 3.26. The number of nitro groups is 1. The first-order chi connectivity index (χ1) is 10.5. The van der Waals surface area contributed by atoms with Crippen molar-refractivity contribution in [2.75, 3.05) is 7.11 Å². The summed E-state index contributed by atoms with van der Waals surface area (Å²) in [5.74, 6) is 0.308. The van der Waals surface area contributed by atoms with Crippen molar-refractivity contribution >= 4 is 29.1 Å². The van der Waals surface area contributed by atoms with Crippen LogP contribution in [0, 0.1) is 10.1 Å². The Morgan fingerprint density at radius 3 is 2.45 bits per heavy atom. The Balaban J connectivity index is 2.14. The van der Waals surface area contributed by atoms with Crippen molar-refractivity contribution in [3.8, 4) is 5.75 Å². The van der Waals surface area contributed by atoms with Crippen LogP contribution >= 0.6 is 11.6 Å². The van der Waals surface area contributed by atoms with Gasteiger partial charge in [0.05, 0.1) is 17.1 Å². The van der Waals surface area contributed by atoms with Crippen LogP contribution in [0.15, 0.2) is 48.5 Å². The molecule has 2 aromatic carbocycles. The van der Waals surface area contributed by atoms with E-state index in [0.29, 0.717) is 16.3 Å². The molecule has 0 aromatic heterocycles. The molecule has 0 bridgehead atoms. The Morgan fingerprint density at radius 1 is 1.23 bits per heavy atom. The van der Waals surface area contributed by atoms with Gasteiger partial charge in [-0.1, -0.05) is 23.7 Å². The fraction of sp³-hybridized carbons (Fsp3) is 0.0625. The van der Waals surface area contributed by atoms with Crippen LogP contribution in [0.5, 0.6) is 5.75 Å². The van der Waals surface area contributed by atoms with Gasteiger partial charge >= 0.3 is 0 Å². The fourth-order valence-corrected chi connectivity index (χ4v) is 2.07. The van der Waals surface area contributed by atoms with Crippen LogP contribution in [0.1, 0.15) is 15.9 Å². The van der Waals surface area contributed by atoms with Gasteiger partial charge < -0.3 is 4.74 Å². The van der Waals surface area contributed by atoms with Crippen LogP contribution in [0.2, 0.25) is 5.02 Å². The summed E-state index contributed by atoms with van der Waals surface area (Å²) in [6, 6.07) is 10.6. The van der Waals surface area contributed by atoms with Crippen LogP contribution in [-0.4, -0.2) is 17.8 Å². The molecule has 0 saturated carbocycles. The predicted molar refractivity (Wildman–Crippen MR) is 84.5 cm³/mol. The second kappa shape index (κ2) is 6.87. The number of halogens is 1. The van der Waals surface area contributed by atoms with Gasteiger partial charge in [0.1, 0.15) is 5.75 Å². The molecule has 0 amide bonds. The van der Waals surface area contributed by atoms with Crippen molar-refractivity contribution in [1.29, 1.82) is 0 Å². The number of methoxy groups -OCH3 is 1. The summed E-state index contributed by atoms with van der Waals surface area (Å²) in [6.45, 7) is 0. The van der Waals surface area contributed by atoms with Crippen molar-refractivity contribution in [2.45, 2.75) is 0 Å². The van der Waals surface area contributed by atoms with E-state index in [2.05, 4.69) is 0 Å². The maximum absolute atomic E-state index is 12.0. The molecule has 0 aliphatic heterocycles. The molecule has 0 aliphatic rings. The molecule has 2 rings (SSSR count). The Morgan fingerprint density at radius 2 is 1.91 bits per heavy atom. The van der Waals surface area contributed by atoms with E-state index >= 15 is 0 Å². The first kappa shape index (κ1) is 15.7. The first-order valence-corrected chi connectivity index (χ1v) is 6.69. The van der Waals surface area contributed by atoms with Gasteiger partial charge in [0, 0.05) is 17.7 Å². The number of non-ortho nitro benzene ring substituents is 1. The smallest absolute Gasteiger partial charge is 0.269 e. The first-order valence-electron chi connectivity index (χ1n) is 6.31. The zero-order valence-electron chi connectivity index (χ0n) is 11.7. The highest BCUT2D eigenvalue weighted by molar-refractivity contribution is 6.32. The number of carbonyl (C=O) groups is 1. The maximum Gasteiger partial charge on any atom is 0.269 e. The topological polar surface area (TPSA) is 69.4 Å². The van der Waals surface area contributed by atoms with E-state index in [0.717, 1.165) is 5.56 Å². The number of ether oxygens (including phenoxy) is 1. The third kappa shape index (κ3) is 3.71. The summed E-state index contributed by atoms with van der Waals surface area (Å²) in [7, 11) is 1.52. The quantitative estimate of drug-likeness (QED) is 0.359. The lowest BCUT2D eigenvalue weighted by Gasteiger charge is -2.03. The molecule has 22 heavy (non-hydrogen) atoms. The molecule has 0 spiro atoms. The van der Waals surface area contributed by atoms with E-state index in [9.17, 15) is 14.9 Å². The average molecular weight is 318 g/mol. The number of nitro benzene ring substituents is 1. The lowest BCUT2D eigenvalue weighted by atomic mass is 10.1. The van der Waals surface area contributed by atoms with Crippen LogP contribution in [0.25, 0.3) is 6.08 Å². The molecule has 0 fully saturated rings. The second-order valence-electron chi connectivity index (χ2n) is 4.40. The number of hydrogen-bond acceptors (Lipinski definition) is 4. The molecule has 0 radical (unpaired) electrons. The van der Waals surface area contributed by atoms with Gasteiger partial charge in [-0.05, 0) is 35.9 Å². The minimum atomic E-state index is -0.510. The van der Waals surface area contributed by atoms with E-state index < -0.39 is 4.92 Å². The molecular weight excluding hydrogens is 306 g/mol.